The number of benzene rings is 2. The third-order valence-corrected chi connectivity index (χ3v) is 3.24. The molecule has 0 spiro atoms. The van der Waals surface area contributed by atoms with E-state index in [1.54, 1.807) is 44.2 Å². The molecule has 0 aliphatic heterocycles. The van der Waals surface area contributed by atoms with Gasteiger partial charge in [-0.3, -0.25) is 0 Å². The Labute approximate surface area is 139 Å². The fraction of sp³-hybridized carbons (Fsp3) is 0.111. The normalized spacial score (nSPS) is 10.2. The fourth-order valence-corrected chi connectivity index (χ4v) is 1.99. The zero-order valence-electron chi connectivity index (χ0n) is 12.8. The average Bonchev–Trinajstić information content (AvgIpc) is 2.49. The average molecular weight is 331 g/mol. The Hall–Kier alpha value is -2.59. The van der Waals surface area contributed by atoms with Crippen molar-refractivity contribution in [1.29, 1.82) is 0 Å². The Morgan fingerprint density at radius 1 is 0.870 bits per heavy atom. The Morgan fingerprint density at radius 2 is 1.35 bits per heavy atom. The molecule has 0 aliphatic rings. The summed E-state index contributed by atoms with van der Waals surface area (Å²) >= 11 is 6.02. The fourth-order valence-electron chi connectivity index (χ4n) is 1.82. The first-order chi connectivity index (χ1) is 10.8. The molecule has 0 fully saturated rings. The molecule has 0 N–H and O–H groups in total. The van der Waals surface area contributed by atoms with Crippen molar-refractivity contribution in [3.63, 3.8) is 0 Å². The number of halogens is 1. The van der Waals surface area contributed by atoms with Crippen LogP contribution >= 0.6 is 11.6 Å². The molecule has 2 rings (SSSR count). The van der Waals surface area contributed by atoms with Crippen molar-refractivity contribution in [2.24, 2.45) is 0 Å². The second-order valence-electron chi connectivity index (χ2n) is 5.09. The molecule has 0 bridgehead atoms. The molecule has 0 heterocycles. The summed E-state index contributed by atoms with van der Waals surface area (Å²) in [6.07, 6.45) is 0. The molecule has 5 heteroatoms. The highest BCUT2D eigenvalue weighted by atomic mass is 35.5. The van der Waals surface area contributed by atoms with E-state index in [0.717, 1.165) is 0 Å². The first-order valence-corrected chi connectivity index (χ1v) is 7.15. The van der Waals surface area contributed by atoms with Crippen LogP contribution in [0.3, 0.4) is 0 Å². The van der Waals surface area contributed by atoms with Gasteiger partial charge in [0.25, 0.3) is 0 Å². The van der Waals surface area contributed by atoms with Crippen molar-refractivity contribution < 1.29 is 19.1 Å². The van der Waals surface area contributed by atoms with Gasteiger partial charge in [-0.2, -0.15) is 0 Å². The smallest absolute Gasteiger partial charge is 0.338 e. The SMILES string of the molecule is C=C(C)C(=O)Oc1ccc(OC(=O)C(=C)C)c2cc(Cl)ccc12. The molecule has 0 atom stereocenters. The van der Waals surface area contributed by atoms with E-state index >= 15 is 0 Å². The van der Waals surface area contributed by atoms with Gasteiger partial charge in [-0.25, -0.2) is 9.59 Å². The molecule has 4 nitrogen and oxygen atoms in total. The lowest BCUT2D eigenvalue weighted by molar-refractivity contribution is -0.131. The summed E-state index contributed by atoms with van der Waals surface area (Å²) in [4.78, 5) is 23.5. The zero-order chi connectivity index (χ0) is 17.1. The number of carbonyl (C=O) groups excluding carboxylic acids is 2. The second-order valence-corrected chi connectivity index (χ2v) is 5.53. The number of hydrogen-bond acceptors (Lipinski definition) is 4. The maximum atomic E-state index is 11.7. The standard InChI is InChI=1S/C18H15ClO4/c1-10(2)17(20)22-15-7-8-16(23-18(21)11(3)4)14-9-12(19)5-6-13(14)15/h5-9H,1,3H2,2,4H3. The predicted octanol–water partition coefficient (Wildman–Crippen LogP) is 4.46. The molecule has 118 valence electrons. The van der Waals surface area contributed by atoms with Crippen molar-refractivity contribution >= 4 is 34.3 Å². The number of fused-ring (bicyclic) bond motifs is 1. The quantitative estimate of drug-likeness (QED) is 0.472. The van der Waals surface area contributed by atoms with Crippen LogP contribution in [0.4, 0.5) is 0 Å². The maximum absolute atomic E-state index is 11.7. The van der Waals surface area contributed by atoms with Crippen molar-refractivity contribution in [2.45, 2.75) is 13.8 Å². The lowest BCUT2D eigenvalue weighted by Crippen LogP contribution is -2.10. The molecule has 0 saturated carbocycles. The topological polar surface area (TPSA) is 52.6 Å². The van der Waals surface area contributed by atoms with Gasteiger partial charge < -0.3 is 9.47 Å². The first-order valence-electron chi connectivity index (χ1n) is 6.77. The summed E-state index contributed by atoms with van der Waals surface area (Å²) in [5.74, 6) is -0.434. The summed E-state index contributed by atoms with van der Waals surface area (Å²) in [7, 11) is 0. The van der Waals surface area contributed by atoms with E-state index in [-0.39, 0.29) is 11.1 Å². The van der Waals surface area contributed by atoms with E-state index in [2.05, 4.69) is 13.2 Å². The molecule has 0 unspecified atom stereocenters. The van der Waals surface area contributed by atoms with Gasteiger partial charge in [0.2, 0.25) is 0 Å². The molecular formula is C18H15ClO4. The number of ether oxygens (including phenoxy) is 2. The Kier molecular flexibility index (Phi) is 4.86. The molecule has 2 aromatic carbocycles. The molecule has 0 aromatic heterocycles. The van der Waals surface area contributed by atoms with E-state index < -0.39 is 11.9 Å². The van der Waals surface area contributed by atoms with E-state index in [1.165, 1.54) is 0 Å². The monoisotopic (exact) mass is 330 g/mol. The van der Waals surface area contributed by atoms with Gasteiger partial charge in [-0.1, -0.05) is 24.8 Å². The second kappa shape index (κ2) is 6.67. The molecule has 2 aromatic rings. The Morgan fingerprint density at radius 3 is 1.83 bits per heavy atom. The Balaban J connectivity index is 2.54. The molecule has 0 radical (unpaired) electrons. The summed E-state index contributed by atoms with van der Waals surface area (Å²) < 4.78 is 10.6. The minimum atomic E-state index is -0.544. The lowest BCUT2D eigenvalue weighted by Gasteiger charge is -2.12. The summed E-state index contributed by atoms with van der Waals surface area (Å²) in [6.45, 7) is 10.2. The van der Waals surface area contributed by atoms with Crippen molar-refractivity contribution in [1.82, 2.24) is 0 Å². The number of rotatable bonds is 4. The molecule has 0 amide bonds. The highest BCUT2D eigenvalue weighted by Gasteiger charge is 2.15. The molecule has 0 aliphatic carbocycles. The van der Waals surface area contributed by atoms with Crippen LogP contribution < -0.4 is 9.47 Å². The highest BCUT2D eigenvalue weighted by Crippen LogP contribution is 2.35. The van der Waals surface area contributed by atoms with Crippen LogP contribution in [0.2, 0.25) is 5.02 Å². The lowest BCUT2D eigenvalue weighted by atomic mass is 10.1. The van der Waals surface area contributed by atoms with E-state index in [9.17, 15) is 9.59 Å². The van der Waals surface area contributed by atoms with E-state index in [4.69, 9.17) is 21.1 Å². The highest BCUT2D eigenvalue weighted by molar-refractivity contribution is 6.31. The third-order valence-electron chi connectivity index (χ3n) is 3.00. The van der Waals surface area contributed by atoms with Gasteiger partial charge in [-0.15, -0.1) is 0 Å². The van der Waals surface area contributed by atoms with Gasteiger partial charge >= 0.3 is 11.9 Å². The zero-order valence-corrected chi connectivity index (χ0v) is 13.6. The van der Waals surface area contributed by atoms with Crippen LogP contribution in [-0.4, -0.2) is 11.9 Å². The summed E-state index contributed by atoms with van der Waals surface area (Å²) in [5, 5.41) is 1.61. The number of hydrogen-bond donors (Lipinski definition) is 0. The van der Waals surface area contributed by atoms with E-state index in [0.29, 0.717) is 27.3 Å². The third kappa shape index (κ3) is 3.79. The van der Waals surface area contributed by atoms with Crippen molar-refractivity contribution in [3.8, 4) is 11.5 Å². The van der Waals surface area contributed by atoms with Gasteiger partial charge in [0.1, 0.15) is 11.5 Å². The van der Waals surface area contributed by atoms with E-state index in [1.807, 2.05) is 0 Å². The van der Waals surface area contributed by atoms with Crippen LogP contribution in [0.25, 0.3) is 10.8 Å². The first kappa shape index (κ1) is 16.8. The maximum Gasteiger partial charge on any atom is 0.338 e. The molecular weight excluding hydrogens is 316 g/mol. The van der Waals surface area contributed by atoms with Crippen LogP contribution in [0.15, 0.2) is 54.6 Å². The van der Waals surface area contributed by atoms with Crippen molar-refractivity contribution in [3.05, 3.63) is 59.7 Å². The van der Waals surface area contributed by atoms with Crippen LogP contribution in [-0.2, 0) is 9.59 Å². The largest absolute Gasteiger partial charge is 0.423 e. The van der Waals surface area contributed by atoms with Gasteiger partial charge in [0.05, 0.1) is 0 Å². The molecule has 0 saturated heterocycles. The van der Waals surface area contributed by atoms with Gasteiger partial charge in [0.15, 0.2) is 0 Å². The van der Waals surface area contributed by atoms with Gasteiger partial charge in [0, 0.05) is 26.9 Å². The number of carbonyl (C=O) groups is 2. The number of esters is 2. The van der Waals surface area contributed by atoms with Crippen LogP contribution in [0.1, 0.15) is 13.8 Å². The minimum Gasteiger partial charge on any atom is -0.423 e. The van der Waals surface area contributed by atoms with Crippen molar-refractivity contribution in [2.75, 3.05) is 0 Å². The van der Waals surface area contributed by atoms with Crippen LogP contribution in [0.5, 0.6) is 11.5 Å². The van der Waals surface area contributed by atoms with Crippen LogP contribution in [0, 0.1) is 0 Å². The predicted molar refractivity (Wildman–Crippen MR) is 89.9 cm³/mol. The molecule has 23 heavy (non-hydrogen) atoms. The summed E-state index contributed by atoms with van der Waals surface area (Å²) in [6, 6.07) is 8.08. The Bertz CT molecular complexity index is 836. The summed E-state index contributed by atoms with van der Waals surface area (Å²) in [5.41, 5.74) is 0.558. The minimum absolute atomic E-state index is 0.276. The van der Waals surface area contributed by atoms with Gasteiger partial charge in [-0.05, 0) is 44.2 Å².